The van der Waals surface area contributed by atoms with Gasteiger partial charge in [-0.2, -0.15) is 0 Å². The average molecular weight is 672 g/mol. The molecule has 11 rings (SSSR count). The molecule has 1 nitrogen and oxygen atoms in total. The first kappa shape index (κ1) is 29.7. The standard InChI is InChI=1S/C52H33N/c1-2-16-40(17-3-1)53-49-24-11-6-15-39(49)33-50(53)34-25-27-35(28-26-34)51-44-18-7-9-20-46(44)52(47-21-10-8-19-45(47)51)43-23-12-22-41-42(43)30-29-38-31-36-13-4-5-14-37(36)32-48(38)41/h1-33H. The fraction of sp³-hybridized carbons (Fsp3) is 0. The summed E-state index contributed by atoms with van der Waals surface area (Å²) in [5, 5.41) is 13.9. The number of rotatable bonds is 4. The third kappa shape index (κ3) is 4.64. The molecule has 0 unspecified atom stereocenters. The predicted octanol–water partition coefficient (Wildman–Crippen LogP) is 14.4. The van der Waals surface area contributed by atoms with E-state index < -0.39 is 0 Å². The summed E-state index contributed by atoms with van der Waals surface area (Å²) in [7, 11) is 0. The van der Waals surface area contributed by atoms with Gasteiger partial charge in [0, 0.05) is 11.1 Å². The van der Waals surface area contributed by atoms with Crippen molar-refractivity contribution < 1.29 is 0 Å². The topological polar surface area (TPSA) is 4.93 Å². The van der Waals surface area contributed by atoms with E-state index in [9.17, 15) is 0 Å². The molecule has 0 amide bonds. The molecular formula is C52H33N. The quantitative estimate of drug-likeness (QED) is 0.130. The van der Waals surface area contributed by atoms with Crippen molar-refractivity contribution in [1.82, 2.24) is 4.57 Å². The molecule has 10 aromatic carbocycles. The highest BCUT2D eigenvalue weighted by molar-refractivity contribution is 6.25. The molecule has 0 saturated carbocycles. The molecule has 1 aromatic heterocycles. The van der Waals surface area contributed by atoms with Gasteiger partial charge in [0.05, 0.1) is 11.2 Å². The van der Waals surface area contributed by atoms with Gasteiger partial charge in [-0.1, -0.05) is 164 Å². The normalized spacial score (nSPS) is 11.8. The molecule has 0 bridgehead atoms. The number of hydrogen-bond acceptors (Lipinski definition) is 0. The summed E-state index contributed by atoms with van der Waals surface area (Å²) < 4.78 is 2.37. The van der Waals surface area contributed by atoms with E-state index in [0.29, 0.717) is 0 Å². The molecule has 0 aliphatic heterocycles. The zero-order valence-corrected chi connectivity index (χ0v) is 29.0. The Bertz CT molecular complexity index is 3150. The van der Waals surface area contributed by atoms with Gasteiger partial charge in [-0.15, -0.1) is 0 Å². The van der Waals surface area contributed by atoms with Gasteiger partial charge >= 0.3 is 0 Å². The molecule has 1 heteroatoms. The fourth-order valence-corrected chi connectivity index (χ4v) is 8.76. The Morgan fingerprint density at radius 3 is 1.57 bits per heavy atom. The summed E-state index contributed by atoms with van der Waals surface area (Å²) in [6.45, 7) is 0. The van der Waals surface area contributed by atoms with Crippen LogP contribution < -0.4 is 0 Å². The van der Waals surface area contributed by atoms with E-state index in [1.807, 2.05) is 0 Å². The fourth-order valence-electron chi connectivity index (χ4n) is 8.76. The molecule has 0 fully saturated rings. The van der Waals surface area contributed by atoms with E-state index in [1.165, 1.54) is 98.3 Å². The monoisotopic (exact) mass is 671 g/mol. The Morgan fingerprint density at radius 1 is 0.283 bits per heavy atom. The Morgan fingerprint density at radius 2 is 0.849 bits per heavy atom. The zero-order valence-electron chi connectivity index (χ0n) is 29.0. The second-order valence-electron chi connectivity index (χ2n) is 14.1. The van der Waals surface area contributed by atoms with Crippen LogP contribution in [0.1, 0.15) is 0 Å². The number of hydrogen-bond donors (Lipinski definition) is 0. The highest BCUT2D eigenvalue weighted by Gasteiger charge is 2.19. The molecule has 11 aromatic rings. The molecule has 1 heterocycles. The molecule has 0 saturated heterocycles. The SMILES string of the molecule is c1ccc(-n2c(-c3ccc(-c4c5ccccc5c(-c5cccc6c5ccc5cc7ccccc7cc56)c5ccccc45)cc3)cc3ccccc32)cc1. The number of nitrogens with zero attached hydrogens (tertiary/aromatic N) is 1. The van der Waals surface area contributed by atoms with E-state index in [2.05, 4.69) is 205 Å². The first-order valence-corrected chi connectivity index (χ1v) is 18.3. The van der Waals surface area contributed by atoms with Gasteiger partial charge in [-0.05, 0) is 118 Å². The van der Waals surface area contributed by atoms with Crippen LogP contribution in [0.15, 0.2) is 200 Å². The Hall–Kier alpha value is -6.96. The van der Waals surface area contributed by atoms with Crippen LogP contribution in [-0.4, -0.2) is 4.57 Å². The molecule has 0 spiro atoms. The van der Waals surface area contributed by atoms with Crippen molar-refractivity contribution in [2.24, 2.45) is 0 Å². The van der Waals surface area contributed by atoms with Crippen molar-refractivity contribution >= 4 is 64.8 Å². The van der Waals surface area contributed by atoms with Crippen LogP contribution in [0.5, 0.6) is 0 Å². The zero-order chi connectivity index (χ0) is 34.9. The lowest BCUT2D eigenvalue weighted by Crippen LogP contribution is -1.96. The molecule has 0 atom stereocenters. The third-order valence-electron chi connectivity index (χ3n) is 11.1. The van der Waals surface area contributed by atoms with Crippen molar-refractivity contribution in [1.29, 1.82) is 0 Å². The lowest BCUT2D eigenvalue weighted by Gasteiger charge is -2.19. The highest BCUT2D eigenvalue weighted by atomic mass is 15.0. The number of benzene rings is 10. The van der Waals surface area contributed by atoms with Crippen molar-refractivity contribution in [2.45, 2.75) is 0 Å². The maximum Gasteiger partial charge on any atom is 0.0540 e. The minimum Gasteiger partial charge on any atom is -0.309 e. The van der Waals surface area contributed by atoms with Crippen LogP contribution in [0.3, 0.4) is 0 Å². The second kappa shape index (κ2) is 11.8. The second-order valence-corrected chi connectivity index (χ2v) is 14.1. The highest BCUT2D eigenvalue weighted by Crippen LogP contribution is 2.46. The predicted molar refractivity (Wildman–Crippen MR) is 227 cm³/mol. The minimum absolute atomic E-state index is 1.16. The van der Waals surface area contributed by atoms with E-state index in [0.717, 1.165) is 5.69 Å². The van der Waals surface area contributed by atoms with Gasteiger partial charge in [-0.25, -0.2) is 0 Å². The van der Waals surface area contributed by atoms with Crippen LogP contribution in [0.2, 0.25) is 0 Å². The smallest absolute Gasteiger partial charge is 0.0540 e. The summed E-state index contributed by atoms with van der Waals surface area (Å²) in [4.78, 5) is 0. The molecular weight excluding hydrogens is 639 g/mol. The Labute approximate surface area is 307 Å². The van der Waals surface area contributed by atoms with E-state index in [1.54, 1.807) is 0 Å². The summed E-state index contributed by atoms with van der Waals surface area (Å²) in [5.41, 5.74) is 9.78. The van der Waals surface area contributed by atoms with Crippen molar-refractivity contribution in [2.75, 3.05) is 0 Å². The van der Waals surface area contributed by atoms with Gasteiger partial charge in [0.2, 0.25) is 0 Å². The third-order valence-corrected chi connectivity index (χ3v) is 11.1. The van der Waals surface area contributed by atoms with Crippen LogP contribution in [0.4, 0.5) is 0 Å². The summed E-state index contributed by atoms with van der Waals surface area (Å²) >= 11 is 0. The largest absolute Gasteiger partial charge is 0.309 e. The molecule has 0 radical (unpaired) electrons. The number of para-hydroxylation sites is 2. The van der Waals surface area contributed by atoms with Gasteiger partial charge in [0.25, 0.3) is 0 Å². The van der Waals surface area contributed by atoms with E-state index in [-0.39, 0.29) is 0 Å². The molecule has 0 aliphatic carbocycles. The van der Waals surface area contributed by atoms with Gasteiger partial charge in [0.15, 0.2) is 0 Å². The van der Waals surface area contributed by atoms with Crippen LogP contribution in [-0.2, 0) is 0 Å². The first-order chi connectivity index (χ1) is 26.3. The number of fused-ring (bicyclic) bond motifs is 7. The Kier molecular flexibility index (Phi) is 6.62. The first-order valence-electron chi connectivity index (χ1n) is 18.3. The molecule has 0 N–H and O–H groups in total. The summed E-state index contributed by atoms with van der Waals surface area (Å²) in [6.07, 6.45) is 0. The van der Waals surface area contributed by atoms with E-state index in [4.69, 9.17) is 0 Å². The maximum absolute atomic E-state index is 2.37. The van der Waals surface area contributed by atoms with Gasteiger partial charge in [0.1, 0.15) is 0 Å². The molecule has 53 heavy (non-hydrogen) atoms. The van der Waals surface area contributed by atoms with Crippen molar-refractivity contribution in [3.8, 4) is 39.2 Å². The molecule has 0 aliphatic rings. The maximum atomic E-state index is 2.37. The van der Waals surface area contributed by atoms with Crippen molar-refractivity contribution in [3.05, 3.63) is 200 Å². The van der Waals surface area contributed by atoms with E-state index >= 15 is 0 Å². The summed E-state index contributed by atoms with van der Waals surface area (Å²) in [5.74, 6) is 0. The minimum atomic E-state index is 1.16. The number of aromatic nitrogens is 1. The van der Waals surface area contributed by atoms with Gasteiger partial charge in [-0.3, -0.25) is 0 Å². The van der Waals surface area contributed by atoms with Crippen LogP contribution in [0, 0.1) is 0 Å². The van der Waals surface area contributed by atoms with Crippen LogP contribution in [0.25, 0.3) is 104 Å². The Balaban J connectivity index is 1.12. The molecule has 246 valence electrons. The van der Waals surface area contributed by atoms with Crippen LogP contribution >= 0.6 is 0 Å². The average Bonchev–Trinajstić information content (AvgIpc) is 3.62. The lowest BCUT2D eigenvalue weighted by molar-refractivity contribution is 1.13. The van der Waals surface area contributed by atoms with Gasteiger partial charge < -0.3 is 4.57 Å². The lowest BCUT2D eigenvalue weighted by atomic mass is 9.84. The summed E-state index contributed by atoms with van der Waals surface area (Å²) in [6, 6.07) is 73.6. The van der Waals surface area contributed by atoms with Crippen molar-refractivity contribution in [3.63, 3.8) is 0 Å².